The van der Waals surface area contributed by atoms with E-state index in [-0.39, 0.29) is 29.9 Å². The van der Waals surface area contributed by atoms with Gasteiger partial charge >= 0.3 is 0 Å². The molecule has 0 aliphatic carbocycles. The normalized spacial score (nSPS) is 17.8. The van der Waals surface area contributed by atoms with Crippen LogP contribution < -0.4 is 5.73 Å². The third-order valence-electron chi connectivity index (χ3n) is 4.37. The highest BCUT2D eigenvalue weighted by atomic mass is 127. The van der Waals surface area contributed by atoms with E-state index >= 15 is 0 Å². The van der Waals surface area contributed by atoms with Gasteiger partial charge in [0.2, 0.25) is 5.91 Å². The Morgan fingerprint density at radius 2 is 2.16 bits per heavy atom. The lowest BCUT2D eigenvalue weighted by molar-refractivity contribution is -0.130. The van der Waals surface area contributed by atoms with Crippen LogP contribution in [0.15, 0.2) is 33.7 Å². The minimum atomic E-state index is 0. The third kappa shape index (κ3) is 7.13. The third-order valence-corrected chi connectivity index (χ3v) is 5.15. The molecule has 1 atom stereocenters. The summed E-state index contributed by atoms with van der Waals surface area (Å²) < 4.78 is 1.02. The Kier molecular flexibility index (Phi) is 9.78. The standard InChI is InChI=1S/C18H27BrN4O.HI/c1-14-6-5-11-23(12-14)18(20)21-10-9-17(24)22(2)13-15-7-3-4-8-16(15)19;/h3-4,7-8,14H,5-6,9-13H2,1-2H3,(H2,20,21);1H. The number of amides is 1. The first-order valence-corrected chi connectivity index (χ1v) is 9.29. The SMILES string of the molecule is CC1CCCN(C(N)=NCCC(=O)N(C)Cc2ccccc2Br)C1.I. The van der Waals surface area contributed by atoms with Crippen LogP contribution in [-0.2, 0) is 11.3 Å². The van der Waals surface area contributed by atoms with E-state index < -0.39 is 0 Å². The van der Waals surface area contributed by atoms with Gasteiger partial charge in [0.25, 0.3) is 0 Å². The van der Waals surface area contributed by atoms with Crippen LogP contribution in [-0.4, -0.2) is 48.3 Å². The minimum Gasteiger partial charge on any atom is -0.370 e. The number of benzene rings is 1. The van der Waals surface area contributed by atoms with Gasteiger partial charge in [-0.2, -0.15) is 0 Å². The van der Waals surface area contributed by atoms with Crippen LogP contribution in [0.3, 0.4) is 0 Å². The zero-order chi connectivity index (χ0) is 17.5. The maximum absolute atomic E-state index is 12.3. The van der Waals surface area contributed by atoms with Gasteiger partial charge in [-0.25, -0.2) is 0 Å². The molecule has 0 saturated carbocycles. The number of rotatable bonds is 5. The van der Waals surface area contributed by atoms with Crippen molar-refractivity contribution in [3.63, 3.8) is 0 Å². The molecule has 2 N–H and O–H groups in total. The number of carbonyl (C=O) groups is 1. The van der Waals surface area contributed by atoms with Gasteiger partial charge in [-0.1, -0.05) is 41.1 Å². The molecule has 1 aromatic rings. The molecule has 0 bridgehead atoms. The summed E-state index contributed by atoms with van der Waals surface area (Å²) in [5.41, 5.74) is 7.16. The van der Waals surface area contributed by atoms with Gasteiger partial charge in [0.15, 0.2) is 5.96 Å². The van der Waals surface area contributed by atoms with Gasteiger partial charge in [0.05, 0.1) is 6.54 Å². The van der Waals surface area contributed by atoms with Crippen molar-refractivity contribution in [2.24, 2.45) is 16.6 Å². The molecule has 2 rings (SSSR count). The summed E-state index contributed by atoms with van der Waals surface area (Å²) in [6.45, 7) is 5.19. The Bertz CT molecular complexity index is 596. The van der Waals surface area contributed by atoms with Gasteiger partial charge in [-0.15, -0.1) is 24.0 Å². The molecule has 1 fully saturated rings. The number of aliphatic imine (C=N–C) groups is 1. The lowest BCUT2D eigenvalue weighted by Gasteiger charge is -2.31. The van der Waals surface area contributed by atoms with E-state index in [1.807, 2.05) is 31.3 Å². The fourth-order valence-electron chi connectivity index (χ4n) is 2.92. The maximum atomic E-state index is 12.3. The highest BCUT2D eigenvalue weighted by Crippen LogP contribution is 2.17. The van der Waals surface area contributed by atoms with E-state index in [1.54, 1.807) is 4.90 Å². The summed E-state index contributed by atoms with van der Waals surface area (Å²) in [7, 11) is 1.82. The molecule has 1 heterocycles. The molecule has 140 valence electrons. The molecule has 0 aromatic heterocycles. The maximum Gasteiger partial charge on any atom is 0.224 e. The van der Waals surface area contributed by atoms with E-state index in [2.05, 4.69) is 32.7 Å². The topological polar surface area (TPSA) is 61.9 Å². The van der Waals surface area contributed by atoms with E-state index in [0.717, 1.165) is 29.5 Å². The highest BCUT2D eigenvalue weighted by molar-refractivity contribution is 14.0. The first-order valence-electron chi connectivity index (χ1n) is 8.49. The molecular weight excluding hydrogens is 495 g/mol. The second-order valence-corrected chi connectivity index (χ2v) is 7.38. The van der Waals surface area contributed by atoms with Gasteiger partial charge in [-0.3, -0.25) is 9.79 Å². The van der Waals surface area contributed by atoms with E-state index in [1.165, 1.54) is 6.42 Å². The smallest absolute Gasteiger partial charge is 0.224 e. The summed E-state index contributed by atoms with van der Waals surface area (Å²) in [5, 5.41) is 0. The Labute approximate surface area is 176 Å². The molecule has 0 radical (unpaired) electrons. The Morgan fingerprint density at radius 1 is 1.44 bits per heavy atom. The number of guanidine groups is 1. The fourth-order valence-corrected chi connectivity index (χ4v) is 3.33. The number of carbonyl (C=O) groups excluding carboxylic acids is 1. The number of nitrogens with two attached hydrogens (primary N) is 1. The van der Waals surface area contributed by atoms with E-state index in [0.29, 0.717) is 31.4 Å². The average Bonchev–Trinajstić information content (AvgIpc) is 2.56. The number of piperidine rings is 1. The van der Waals surface area contributed by atoms with Crippen LogP contribution in [0.4, 0.5) is 0 Å². The van der Waals surface area contributed by atoms with Crippen LogP contribution in [0.25, 0.3) is 0 Å². The fraction of sp³-hybridized carbons (Fsp3) is 0.556. The Balaban J connectivity index is 0.00000312. The van der Waals surface area contributed by atoms with Crippen molar-refractivity contribution in [1.29, 1.82) is 0 Å². The molecular formula is C18H28BrIN4O. The zero-order valence-corrected chi connectivity index (χ0v) is 18.9. The number of nitrogens with zero attached hydrogens (tertiary/aromatic N) is 3. The number of hydrogen-bond acceptors (Lipinski definition) is 2. The largest absolute Gasteiger partial charge is 0.370 e. The molecule has 1 unspecified atom stereocenters. The van der Waals surface area contributed by atoms with Crippen LogP contribution >= 0.6 is 39.9 Å². The summed E-state index contributed by atoms with van der Waals surface area (Å²) in [6, 6.07) is 7.94. The molecule has 25 heavy (non-hydrogen) atoms. The number of likely N-dealkylation sites (tertiary alicyclic amines) is 1. The molecule has 1 aromatic carbocycles. The van der Waals surface area contributed by atoms with Crippen molar-refractivity contribution in [3.8, 4) is 0 Å². The van der Waals surface area contributed by atoms with Gasteiger partial charge in [0.1, 0.15) is 0 Å². The van der Waals surface area contributed by atoms with Crippen molar-refractivity contribution in [2.75, 3.05) is 26.7 Å². The van der Waals surface area contributed by atoms with E-state index in [4.69, 9.17) is 5.73 Å². The van der Waals surface area contributed by atoms with Crippen molar-refractivity contribution >= 4 is 51.8 Å². The minimum absolute atomic E-state index is 0. The monoisotopic (exact) mass is 522 g/mol. The van der Waals surface area contributed by atoms with Gasteiger partial charge in [0, 0.05) is 37.6 Å². The number of hydrogen-bond donors (Lipinski definition) is 1. The average molecular weight is 523 g/mol. The summed E-state index contributed by atoms with van der Waals surface area (Å²) in [6.07, 6.45) is 2.79. The van der Waals surface area contributed by atoms with Gasteiger partial charge in [-0.05, 0) is 30.4 Å². The van der Waals surface area contributed by atoms with Crippen LogP contribution in [0.2, 0.25) is 0 Å². The van der Waals surface area contributed by atoms with E-state index in [9.17, 15) is 4.79 Å². The highest BCUT2D eigenvalue weighted by Gasteiger charge is 2.17. The first-order chi connectivity index (χ1) is 11.5. The zero-order valence-electron chi connectivity index (χ0n) is 14.9. The van der Waals surface area contributed by atoms with Crippen LogP contribution in [0.1, 0.15) is 31.7 Å². The van der Waals surface area contributed by atoms with Crippen LogP contribution in [0, 0.1) is 5.92 Å². The predicted molar refractivity (Wildman–Crippen MR) is 117 cm³/mol. The summed E-state index contributed by atoms with van der Waals surface area (Å²) in [4.78, 5) is 20.5. The molecule has 1 aliphatic rings. The summed E-state index contributed by atoms with van der Waals surface area (Å²) >= 11 is 3.51. The van der Waals surface area contributed by atoms with Crippen molar-refractivity contribution in [2.45, 2.75) is 32.7 Å². The molecule has 5 nitrogen and oxygen atoms in total. The lowest BCUT2D eigenvalue weighted by atomic mass is 10.0. The first kappa shape index (κ1) is 22.2. The quantitative estimate of drug-likeness (QED) is 0.366. The predicted octanol–water partition coefficient (Wildman–Crippen LogP) is 3.46. The molecule has 0 spiro atoms. The van der Waals surface area contributed by atoms with Crippen LogP contribution in [0.5, 0.6) is 0 Å². The summed E-state index contributed by atoms with van der Waals surface area (Å²) in [5.74, 6) is 1.31. The molecule has 1 aliphatic heterocycles. The van der Waals surface area contributed by atoms with Crippen molar-refractivity contribution in [3.05, 3.63) is 34.3 Å². The van der Waals surface area contributed by atoms with Crippen molar-refractivity contribution in [1.82, 2.24) is 9.80 Å². The van der Waals surface area contributed by atoms with Gasteiger partial charge < -0.3 is 15.5 Å². The number of halogens is 2. The molecule has 7 heteroatoms. The molecule has 1 saturated heterocycles. The van der Waals surface area contributed by atoms with Crippen molar-refractivity contribution < 1.29 is 4.79 Å². The lowest BCUT2D eigenvalue weighted by Crippen LogP contribution is -2.43. The Hall–Kier alpha value is -0.830. The molecule has 1 amide bonds. The Morgan fingerprint density at radius 3 is 2.84 bits per heavy atom. The second-order valence-electron chi connectivity index (χ2n) is 6.52. The second kappa shape index (κ2) is 11.0.